The van der Waals surface area contributed by atoms with Crippen molar-refractivity contribution in [2.24, 2.45) is 0 Å². The van der Waals surface area contributed by atoms with Gasteiger partial charge < -0.3 is 10.6 Å². The molecule has 0 spiro atoms. The monoisotopic (exact) mass is 284 g/mol. The molecule has 0 aliphatic carbocycles. The third-order valence-corrected chi connectivity index (χ3v) is 3.32. The van der Waals surface area contributed by atoms with Gasteiger partial charge in [0.15, 0.2) is 5.11 Å². The molecule has 0 unspecified atom stereocenters. The molecule has 0 saturated heterocycles. The van der Waals surface area contributed by atoms with E-state index in [1.165, 1.54) is 5.56 Å². The Labute approximate surface area is 126 Å². The molecule has 2 nitrogen and oxygen atoms in total. The summed E-state index contributed by atoms with van der Waals surface area (Å²) < 4.78 is 0. The first-order valence-electron chi connectivity index (χ1n) is 7.00. The molecule has 2 aromatic rings. The summed E-state index contributed by atoms with van der Waals surface area (Å²) in [6.07, 6.45) is 2.29. The normalized spacial score (nSPS) is 10.1. The minimum Gasteiger partial charge on any atom is -0.362 e. The van der Waals surface area contributed by atoms with Gasteiger partial charge >= 0.3 is 0 Å². The van der Waals surface area contributed by atoms with Crippen LogP contribution < -0.4 is 10.6 Å². The van der Waals surface area contributed by atoms with Crippen LogP contribution in [-0.4, -0.2) is 11.7 Å². The topological polar surface area (TPSA) is 24.1 Å². The highest BCUT2D eigenvalue weighted by Crippen LogP contribution is 2.27. The third-order valence-electron chi connectivity index (χ3n) is 3.08. The van der Waals surface area contributed by atoms with Gasteiger partial charge in [0.25, 0.3) is 0 Å². The highest BCUT2D eigenvalue weighted by Gasteiger charge is 2.05. The van der Waals surface area contributed by atoms with E-state index in [1.54, 1.807) is 0 Å². The van der Waals surface area contributed by atoms with Gasteiger partial charge in [0.2, 0.25) is 0 Å². The number of para-hydroxylation sites is 1. The van der Waals surface area contributed by atoms with E-state index in [4.69, 9.17) is 12.2 Å². The highest BCUT2D eigenvalue weighted by molar-refractivity contribution is 7.80. The molecule has 20 heavy (non-hydrogen) atoms. The zero-order valence-electron chi connectivity index (χ0n) is 11.7. The van der Waals surface area contributed by atoms with Gasteiger partial charge in [-0.1, -0.05) is 61.9 Å². The largest absolute Gasteiger partial charge is 0.362 e. The fourth-order valence-corrected chi connectivity index (χ4v) is 2.22. The Hall–Kier alpha value is -1.87. The SMILES string of the molecule is CCCCNC(=S)Nc1ccccc1-c1ccccc1. The first kappa shape index (κ1) is 14.5. The van der Waals surface area contributed by atoms with Crippen LogP contribution >= 0.6 is 12.2 Å². The number of unbranched alkanes of at least 4 members (excludes halogenated alkanes) is 1. The second-order valence-electron chi connectivity index (χ2n) is 4.65. The fraction of sp³-hybridized carbons (Fsp3) is 0.235. The molecule has 0 atom stereocenters. The minimum absolute atomic E-state index is 0.682. The Morgan fingerprint density at radius 1 is 1.00 bits per heavy atom. The van der Waals surface area contributed by atoms with Gasteiger partial charge in [-0.25, -0.2) is 0 Å². The number of nitrogens with one attached hydrogen (secondary N) is 2. The van der Waals surface area contributed by atoms with Crippen LogP contribution in [0.15, 0.2) is 54.6 Å². The second kappa shape index (κ2) is 7.65. The van der Waals surface area contributed by atoms with Crippen molar-refractivity contribution in [3.8, 4) is 11.1 Å². The standard InChI is InChI=1S/C17H20N2S/c1-2-3-13-18-17(20)19-16-12-8-7-11-15(16)14-9-5-4-6-10-14/h4-12H,2-3,13H2,1H3,(H2,18,19,20). The quantitative estimate of drug-likeness (QED) is 0.627. The molecule has 0 fully saturated rings. The Kier molecular flexibility index (Phi) is 5.56. The summed E-state index contributed by atoms with van der Waals surface area (Å²) in [5, 5.41) is 7.20. The first-order valence-corrected chi connectivity index (χ1v) is 7.41. The Morgan fingerprint density at radius 3 is 2.45 bits per heavy atom. The van der Waals surface area contributed by atoms with Crippen molar-refractivity contribution in [2.75, 3.05) is 11.9 Å². The van der Waals surface area contributed by atoms with Gasteiger partial charge in [0, 0.05) is 17.8 Å². The molecule has 2 N–H and O–H groups in total. The molecule has 0 aliphatic heterocycles. The van der Waals surface area contributed by atoms with Crippen molar-refractivity contribution in [3.63, 3.8) is 0 Å². The number of hydrogen-bond donors (Lipinski definition) is 2. The number of thiocarbonyl (C=S) groups is 1. The summed E-state index contributed by atoms with van der Waals surface area (Å²) in [6, 6.07) is 18.5. The molecule has 0 aliphatic rings. The second-order valence-corrected chi connectivity index (χ2v) is 5.05. The molecule has 2 aromatic carbocycles. The lowest BCUT2D eigenvalue weighted by Gasteiger charge is -2.14. The van der Waals surface area contributed by atoms with Crippen LogP contribution in [0.5, 0.6) is 0 Å². The predicted molar refractivity (Wildman–Crippen MR) is 91.0 cm³/mol. The van der Waals surface area contributed by atoms with E-state index in [-0.39, 0.29) is 0 Å². The molecule has 104 valence electrons. The Bertz CT molecular complexity index is 552. The maximum Gasteiger partial charge on any atom is 0.170 e. The van der Waals surface area contributed by atoms with Crippen molar-refractivity contribution < 1.29 is 0 Å². The summed E-state index contributed by atoms with van der Waals surface area (Å²) in [5.74, 6) is 0. The van der Waals surface area contributed by atoms with E-state index in [9.17, 15) is 0 Å². The first-order chi connectivity index (χ1) is 9.81. The summed E-state index contributed by atoms with van der Waals surface area (Å²) in [7, 11) is 0. The van der Waals surface area contributed by atoms with Crippen molar-refractivity contribution in [1.29, 1.82) is 0 Å². The van der Waals surface area contributed by atoms with Gasteiger partial charge in [-0.2, -0.15) is 0 Å². The summed E-state index contributed by atoms with van der Waals surface area (Å²) in [4.78, 5) is 0. The predicted octanol–water partition coefficient (Wildman–Crippen LogP) is 4.44. The fourth-order valence-electron chi connectivity index (χ4n) is 2.01. The highest BCUT2D eigenvalue weighted by atomic mass is 32.1. The van der Waals surface area contributed by atoms with Crippen molar-refractivity contribution in [2.45, 2.75) is 19.8 Å². The van der Waals surface area contributed by atoms with Gasteiger partial charge in [-0.05, 0) is 30.3 Å². The van der Waals surface area contributed by atoms with Crippen LogP contribution in [0.4, 0.5) is 5.69 Å². The van der Waals surface area contributed by atoms with E-state index in [0.29, 0.717) is 5.11 Å². The minimum atomic E-state index is 0.682. The molecule has 0 amide bonds. The van der Waals surface area contributed by atoms with Gasteiger partial charge in [0.1, 0.15) is 0 Å². The maximum absolute atomic E-state index is 5.34. The van der Waals surface area contributed by atoms with Crippen LogP contribution in [0.2, 0.25) is 0 Å². The molecule has 0 radical (unpaired) electrons. The van der Waals surface area contributed by atoms with Crippen LogP contribution in [0.25, 0.3) is 11.1 Å². The van der Waals surface area contributed by atoms with Gasteiger partial charge in [-0.3, -0.25) is 0 Å². The van der Waals surface area contributed by atoms with Crippen LogP contribution in [0, 0.1) is 0 Å². The van der Waals surface area contributed by atoms with E-state index in [2.05, 4.69) is 41.8 Å². The lowest BCUT2D eigenvalue weighted by molar-refractivity contribution is 0.758. The smallest absolute Gasteiger partial charge is 0.170 e. The molecule has 3 heteroatoms. The number of hydrogen-bond acceptors (Lipinski definition) is 1. The third kappa shape index (κ3) is 4.07. The average molecular weight is 284 g/mol. The van der Waals surface area contributed by atoms with Gasteiger partial charge in [0.05, 0.1) is 0 Å². The Balaban J connectivity index is 2.11. The summed E-state index contributed by atoms with van der Waals surface area (Å²) in [6.45, 7) is 3.08. The van der Waals surface area contributed by atoms with Crippen molar-refractivity contribution >= 4 is 23.0 Å². The van der Waals surface area contributed by atoms with Crippen molar-refractivity contribution in [1.82, 2.24) is 5.32 Å². The number of anilines is 1. The van der Waals surface area contributed by atoms with E-state index in [1.807, 2.05) is 30.3 Å². The summed E-state index contributed by atoms with van der Waals surface area (Å²) in [5.41, 5.74) is 3.38. The molecular formula is C17H20N2S. The Morgan fingerprint density at radius 2 is 1.70 bits per heavy atom. The molecular weight excluding hydrogens is 264 g/mol. The van der Waals surface area contributed by atoms with Crippen LogP contribution in [-0.2, 0) is 0 Å². The van der Waals surface area contributed by atoms with Crippen LogP contribution in [0.3, 0.4) is 0 Å². The molecule has 0 bridgehead atoms. The van der Waals surface area contributed by atoms with E-state index < -0.39 is 0 Å². The molecule has 0 aromatic heterocycles. The van der Waals surface area contributed by atoms with Gasteiger partial charge in [-0.15, -0.1) is 0 Å². The molecule has 0 saturated carbocycles. The average Bonchev–Trinajstić information content (AvgIpc) is 2.49. The van der Waals surface area contributed by atoms with E-state index in [0.717, 1.165) is 30.6 Å². The number of benzene rings is 2. The summed E-state index contributed by atoms with van der Waals surface area (Å²) >= 11 is 5.34. The van der Waals surface area contributed by atoms with Crippen LogP contribution in [0.1, 0.15) is 19.8 Å². The molecule has 0 heterocycles. The zero-order valence-corrected chi connectivity index (χ0v) is 12.5. The lowest BCUT2D eigenvalue weighted by atomic mass is 10.0. The van der Waals surface area contributed by atoms with E-state index >= 15 is 0 Å². The lowest BCUT2D eigenvalue weighted by Crippen LogP contribution is -2.29. The van der Waals surface area contributed by atoms with Crippen molar-refractivity contribution in [3.05, 3.63) is 54.6 Å². The molecule has 2 rings (SSSR count). The maximum atomic E-state index is 5.34. The zero-order chi connectivity index (χ0) is 14.2. The number of rotatable bonds is 5.